The van der Waals surface area contributed by atoms with E-state index < -0.39 is 67.3 Å². The van der Waals surface area contributed by atoms with Gasteiger partial charge in [0.1, 0.15) is 59.3 Å². The number of carboxylic acids is 3. The number of thiazole rings is 2. The average Bonchev–Trinajstić information content (AvgIpc) is 1.60. The minimum absolute atomic E-state index is 0.0502. The van der Waals surface area contributed by atoms with Crippen LogP contribution in [0.4, 0.5) is 31.8 Å². The van der Waals surface area contributed by atoms with E-state index in [-0.39, 0.29) is 88.1 Å². The summed E-state index contributed by atoms with van der Waals surface area (Å²) in [6, 6.07) is 28.1. The number of amides is 6. The lowest BCUT2D eigenvalue weighted by molar-refractivity contribution is -0.146. The number of imidazole rings is 3. The van der Waals surface area contributed by atoms with Gasteiger partial charge in [0.25, 0.3) is 0 Å². The normalized spacial score (nSPS) is 23.5. The minimum atomic E-state index is -1.01. The Hall–Kier alpha value is -12.9. The highest BCUT2D eigenvalue weighted by atomic mass is 32.1. The molecule has 12 aromatic rings. The number of nitrogens with one attached hydrogen (secondary N) is 10. The summed E-state index contributed by atoms with van der Waals surface area (Å²) < 4.78 is 50.6. The molecule has 644 valence electrons. The molecule has 0 spiro atoms. The zero-order valence-corrected chi connectivity index (χ0v) is 68.5. The summed E-state index contributed by atoms with van der Waals surface area (Å²) in [5.74, 6) is -1.93. The Bertz CT molecular complexity index is 5560. The predicted molar refractivity (Wildman–Crippen MR) is 450 cm³/mol. The topological polar surface area (TPSA) is 508 Å². The number of ether oxygens (including phenoxy) is 7. The zero-order chi connectivity index (χ0) is 85.7. The number of urea groups is 3. The Balaban J connectivity index is 0.000000138. The van der Waals surface area contributed by atoms with Gasteiger partial charge in [0, 0.05) is 88.7 Å². The van der Waals surface area contributed by atoms with Crippen molar-refractivity contribution >= 4 is 122 Å². The number of carbonyl (C=O) groups is 6. The summed E-state index contributed by atoms with van der Waals surface area (Å²) in [7, 11) is 0. The van der Waals surface area contributed by atoms with Gasteiger partial charge in [0.15, 0.2) is 76.0 Å². The molecule has 2 aliphatic carbocycles. The fourth-order valence-electron chi connectivity index (χ4n) is 16.1. The number of hydrogen-bond acceptors (Lipinski definition) is 29. The third-order valence-electron chi connectivity index (χ3n) is 21.6. The second-order valence-corrected chi connectivity index (χ2v) is 31.1. The molecule has 18 rings (SSSR count). The van der Waals surface area contributed by atoms with Crippen LogP contribution in [0.5, 0.6) is 0 Å². The van der Waals surface area contributed by atoms with Gasteiger partial charge in [-0.05, 0) is 62.5 Å². The highest BCUT2D eigenvalue weighted by molar-refractivity contribution is 7.12. The van der Waals surface area contributed by atoms with Crippen molar-refractivity contribution in [3.05, 3.63) is 213 Å². The summed E-state index contributed by atoms with van der Waals surface area (Å²) in [6.45, 7) is 9.40. The Morgan fingerprint density at radius 2 is 0.887 bits per heavy atom. The van der Waals surface area contributed by atoms with Crippen LogP contribution in [0.15, 0.2) is 165 Å². The van der Waals surface area contributed by atoms with Gasteiger partial charge in [0.05, 0.1) is 71.2 Å². The fraction of sp³-hybridized carbons (Fsp3) is 0.354. The van der Waals surface area contributed by atoms with Crippen LogP contribution in [0.1, 0.15) is 122 Å². The Morgan fingerprint density at radius 3 is 1.35 bits per heavy atom. The Morgan fingerprint density at radius 1 is 0.460 bits per heavy atom. The molecule has 6 amide bonds. The molecule has 9 aromatic heterocycles. The second-order valence-electron chi connectivity index (χ2n) is 29.4. The van der Waals surface area contributed by atoms with Crippen LogP contribution in [0, 0.1) is 11.8 Å². The molecule has 2 saturated carbocycles. The van der Waals surface area contributed by atoms with Crippen LogP contribution in [0.2, 0.25) is 0 Å². The quantitative estimate of drug-likeness (QED) is 0.0208. The van der Waals surface area contributed by atoms with Crippen LogP contribution in [0.25, 0.3) is 45.6 Å². The molecule has 6 aliphatic rings. The van der Waals surface area contributed by atoms with Crippen LogP contribution < -0.4 is 47.9 Å². The van der Waals surface area contributed by atoms with Crippen molar-refractivity contribution in [2.75, 3.05) is 55.2 Å². The van der Waals surface area contributed by atoms with Gasteiger partial charge in [-0.3, -0.25) is 20.5 Å². The van der Waals surface area contributed by atoms with E-state index in [2.05, 4.69) is 108 Å². The highest BCUT2D eigenvalue weighted by Crippen LogP contribution is 2.49. The summed E-state index contributed by atoms with van der Waals surface area (Å²) in [5, 5.41) is 54.5. The van der Waals surface area contributed by atoms with Crippen molar-refractivity contribution in [1.29, 1.82) is 0 Å². The maximum Gasteiger partial charge on any atom is 0.347 e. The molecule has 3 aromatic carbocycles. The van der Waals surface area contributed by atoms with Gasteiger partial charge in [-0.15, -0.1) is 22.7 Å². The van der Waals surface area contributed by atoms with Gasteiger partial charge in [-0.25, -0.2) is 83.6 Å². The molecule has 42 heteroatoms. The number of H-pyrrole nitrogens is 1. The maximum absolute atomic E-state index is 12.2. The number of aromatic amines is 1. The molecule has 13 heterocycles. The number of nitrogens with zero attached hydrogens (tertiary/aromatic N) is 14. The molecule has 0 radical (unpaired) electrons. The summed E-state index contributed by atoms with van der Waals surface area (Å²) in [5.41, 5.74) is 10.9. The molecule has 124 heavy (non-hydrogen) atoms. The second kappa shape index (κ2) is 39.1. The van der Waals surface area contributed by atoms with Crippen molar-refractivity contribution < 1.29 is 77.2 Å². The summed E-state index contributed by atoms with van der Waals surface area (Å²) in [4.78, 5) is 122. The summed E-state index contributed by atoms with van der Waals surface area (Å²) >= 11 is 2.19. The number of rotatable bonds is 29. The molecule has 0 bridgehead atoms. The van der Waals surface area contributed by atoms with E-state index in [0.717, 1.165) is 39.4 Å². The molecule has 6 fully saturated rings. The van der Waals surface area contributed by atoms with Crippen molar-refractivity contribution in [2.24, 2.45) is 11.8 Å². The summed E-state index contributed by atoms with van der Waals surface area (Å²) in [6.07, 6.45) is 16.8. The van der Waals surface area contributed by atoms with E-state index in [9.17, 15) is 44.1 Å². The molecule has 15 atom stereocenters. The predicted octanol–water partition coefficient (Wildman–Crippen LogP) is 8.76. The van der Waals surface area contributed by atoms with Gasteiger partial charge < -0.3 is 94.5 Å². The standard InChI is InChI=1S/C29H32N8O5.C28H30N8O5S.C25H26N8O6S/c1-2-32-29(40)36-26-23-27(34-15-33-26)37(16-35-23)21-10-18(11-30-12-19-13-31-14-20(19)28(38)39)24-25(21)42-22(41-24)9-8-17-6-4-3-5-7-17;1-2-30-28(39)35-25-21-26(32-13-31-25)36(14-33-21)19-10-17(11-29-12-18-24(27(37)38)42-15-34-18)22-23(19)41-20(40-22)9-8-16-6-4-3-5-7-16;1-2-27-25(36)32-20-16-21(29-10-28-20)33(11-30-16)22-18-17(38-24(39-18)13-6-4-3-5-7-13)15(37-22)9-26-8-14-19(23(34)35)40-12-31-14/h3-9,13-16,18,21-22,24-25,30-31H,2,10-12H2,1H3,(H,38,39)(H2,32,33,34,36,40);3-9,13-15,17,19-20,22-23,29H,2,10-12H2,1H3,(H,37,38)(H2,30,31,32,35,39);3-7,10-12,15,17-18,22,24,26H,2,8-9H2,1H3,(H,34,35)(H2,27,28,29,32,36)/b2*9-8+;/t18?,21?,22-,24?,25?;17?,19?,20-,22?,23?;15?,17?,18?,22?,24-/m000/s1. The number of carbonyl (C=O) groups excluding carboxylic acids is 3. The first-order valence-corrected chi connectivity index (χ1v) is 41.9. The van der Waals surface area contributed by atoms with Gasteiger partial charge in [-0.2, -0.15) is 0 Å². The van der Waals surface area contributed by atoms with Crippen molar-refractivity contribution in [1.82, 2.24) is 105 Å². The zero-order valence-electron chi connectivity index (χ0n) is 66.9. The number of hydrogen-bond donors (Lipinski definition) is 13. The lowest BCUT2D eigenvalue weighted by Crippen LogP contribution is -2.36. The van der Waals surface area contributed by atoms with Crippen LogP contribution in [-0.2, 0) is 52.8 Å². The first kappa shape index (κ1) is 84.7. The lowest BCUT2D eigenvalue weighted by atomic mass is 10.1. The molecular weight excluding hydrogens is 1640 g/mol. The average molecular weight is 1730 g/mol. The Labute approximate surface area is 714 Å². The van der Waals surface area contributed by atoms with E-state index in [1.54, 1.807) is 35.3 Å². The molecule has 12 unspecified atom stereocenters. The smallest absolute Gasteiger partial charge is 0.347 e. The number of anilines is 3. The monoisotopic (exact) mass is 1730 g/mol. The molecular formula is C82H88N24O16S2. The largest absolute Gasteiger partial charge is 0.478 e. The van der Waals surface area contributed by atoms with Crippen LogP contribution in [0.3, 0.4) is 0 Å². The minimum Gasteiger partial charge on any atom is -0.478 e. The van der Waals surface area contributed by atoms with Gasteiger partial charge in [0.2, 0.25) is 0 Å². The van der Waals surface area contributed by atoms with Crippen molar-refractivity contribution in [3.63, 3.8) is 0 Å². The Kier molecular flexibility index (Phi) is 26.7. The molecule has 4 aliphatic heterocycles. The van der Waals surface area contributed by atoms with Crippen molar-refractivity contribution in [2.45, 2.75) is 133 Å². The first-order chi connectivity index (χ1) is 60.6. The van der Waals surface area contributed by atoms with Crippen molar-refractivity contribution in [3.8, 4) is 0 Å². The van der Waals surface area contributed by atoms with E-state index in [0.29, 0.717) is 127 Å². The third kappa shape index (κ3) is 19.0. The molecule has 13 N–H and O–H groups in total. The number of carboxylic acid groups (broad SMARTS) is 3. The van der Waals surface area contributed by atoms with E-state index in [1.165, 1.54) is 30.7 Å². The first-order valence-electron chi connectivity index (χ1n) is 40.2. The number of fused-ring (bicyclic) bond motifs is 6. The SMILES string of the molecule is CCNC(=O)Nc1ncnc2c1ncn2C1CC(CNCc2c[nH]cc2C(=O)O)C2O[C@H](/C=C/c3ccccc3)OC21.CCNC(=O)Nc1ncnc2c1ncn2C1CC(CNCc2ncsc2C(=O)O)C2O[C@H](/C=C/c3ccccc3)OC21.CCNC(=O)Nc1ncnc2c1ncn2C1OC(CNCc2ncsc2C(=O)O)C2O[C@H](c3ccccc3)OC21. The number of aromatic carboxylic acids is 3. The van der Waals surface area contributed by atoms with Gasteiger partial charge >= 0.3 is 36.0 Å². The molecule has 40 nitrogen and oxygen atoms in total. The van der Waals surface area contributed by atoms with Crippen LogP contribution >= 0.6 is 22.7 Å². The lowest BCUT2D eigenvalue weighted by Gasteiger charge is -2.21. The van der Waals surface area contributed by atoms with E-state index in [4.69, 9.17) is 33.2 Å². The third-order valence-corrected chi connectivity index (χ3v) is 23.3. The number of benzene rings is 3. The van der Waals surface area contributed by atoms with Gasteiger partial charge in [-0.1, -0.05) is 103 Å². The maximum atomic E-state index is 12.2. The van der Waals surface area contributed by atoms with E-state index >= 15 is 0 Å². The number of aromatic nitrogens is 15. The molecule has 4 saturated heterocycles. The van der Waals surface area contributed by atoms with E-state index in [1.807, 2.05) is 145 Å². The fourth-order valence-corrected chi connectivity index (χ4v) is 17.4. The highest BCUT2D eigenvalue weighted by Gasteiger charge is 2.56. The van der Waals surface area contributed by atoms with Crippen LogP contribution in [-0.4, -0.2) is 219 Å².